The van der Waals surface area contributed by atoms with Crippen LogP contribution in [0.3, 0.4) is 0 Å². The Labute approximate surface area is 198 Å². The highest BCUT2D eigenvalue weighted by Gasteiger charge is 2.35. The highest BCUT2D eigenvalue weighted by atomic mass is 19.3. The number of rotatable bonds is 6. The topological polar surface area (TPSA) is 83.2 Å². The summed E-state index contributed by atoms with van der Waals surface area (Å²) in [4.78, 5) is 27.3. The second-order valence-corrected chi connectivity index (χ2v) is 8.18. The quantitative estimate of drug-likeness (QED) is 0.319. The molecule has 0 aliphatic carbocycles. The van der Waals surface area contributed by atoms with Gasteiger partial charge in [0.2, 0.25) is 5.91 Å². The number of carbonyl (C=O) groups is 2. The van der Waals surface area contributed by atoms with Gasteiger partial charge in [-0.15, -0.1) is 0 Å². The van der Waals surface area contributed by atoms with Crippen LogP contribution in [0, 0.1) is 18.6 Å². The first kappa shape index (κ1) is 24.2. The molecule has 2 amide bonds. The van der Waals surface area contributed by atoms with Crippen LogP contribution in [0.15, 0.2) is 36.4 Å². The minimum absolute atomic E-state index is 0.0360. The van der Waals surface area contributed by atoms with E-state index in [0.29, 0.717) is 11.3 Å². The van der Waals surface area contributed by atoms with E-state index in [-0.39, 0.29) is 45.9 Å². The Morgan fingerprint density at radius 2 is 1.86 bits per heavy atom. The Morgan fingerprint density at radius 3 is 2.49 bits per heavy atom. The third kappa shape index (κ3) is 4.69. The van der Waals surface area contributed by atoms with Gasteiger partial charge in [-0.2, -0.15) is 0 Å². The van der Waals surface area contributed by atoms with E-state index in [2.05, 4.69) is 15.6 Å². The third-order valence-corrected chi connectivity index (χ3v) is 5.52. The molecule has 1 aliphatic rings. The van der Waals surface area contributed by atoms with Crippen molar-refractivity contribution in [3.05, 3.63) is 70.5 Å². The first-order valence-corrected chi connectivity index (χ1v) is 10.5. The minimum atomic E-state index is -3.32. The van der Waals surface area contributed by atoms with Crippen LogP contribution in [0.25, 0.3) is 22.8 Å². The van der Waals surface area contributed by atoms with Crippen molar-refractivity contribution in [3.63, 3.8) is 0 Å². The zero-order valence-corrected chi connectivity index (χ0v) is 19.0. The van der Waals surface area contributed by atoms with E-state index in [1.54, 1.807) is 6.92 Å². The minimum Gasteiger partial charge on any atom is -0.375 e. The lowest BCUT2D eigenvalue weighted by atomic mass is 9.95. The number of ether oxygens (including phenoxy) is 1. The molecular formula is C25H21F4N3O3. The zero-order valence-electron chi connectivity index (χ0n) is 19.0. The number of nitrogens with one attached hydrogen (secondary N) is 3. The number of alkyl halides is 2. The van der Waals surface area contributed by atoms with Crippen LogP contribution < -0.4 is 10.6 Å². The second kappa shape index (κ2) is 9.03. The third-order valence-electron chi connectivity index (χ3n) is 5.52. The SMILES string of the molecule is COCC(=O)Nc1cc2c(cc1F)/C(=C/c1[nH]c(C)c(-c3ccc(F)cc3)c1C(C)(F)F)C(=O)N2. The van der Waals surface area contributed by atoms with Gasteiger partial charge in [0.05, 0.1) is 22.5 Å². The average molecular weight is 487 g/mol. The maximum atomic E-state index is 14.8. The number of anilines is 2. The van der Waals surface area contributed by atoms with Gasteiger partial charge in [0.25, 0.3) is 11.8 Å². The lowest BCUT2D eigenvalue weighted by molar-refractivity contribution is -0.119. The fourth-order valence-corrected chi connectivity index (χ4v) is 4.10. The lowest BCUT2D eigenvalue weighted by Gasteiger charge is -2.14. The summed E-state index contributed by atoms with van der Waals surface area (Å²) in [5, 5.41) is 4.90. The van der Waals surface area contributed by atoms with Crippen LogP contribution in [0.4, 0.5) is 28.9 Å². The van der Waals surface area contributed by atoms with Gasteiger partial charge in [-0.1, -0.05) is 12.1 Å². The van der Waals surface area contributed by atoms with Crippen molar-refractivity contribution in [2.45, 2.75) is 19.8 Å². The average Bonchev–Trinajstić information content (AvgIpc) is 3.25. The van der Waals surface area contributed by atoms with E-state index in [0.717, 1.165) is 13.0 Å². The van der Waals surface area contributed by atoms with Crippen molar-refractivity contribution >= 4 is 34.8 Å². The maximum Gasteiger partial charge on any atom is 0.273 e. The Kier molecular flexibility index (Phi) is 6.25. The number of amides is 2. The number of hydrogen-bond donors (Lipinski definition) is 3. The Morgan fingerprint density at radius 1 is 1.17 bits per heavy atom. The first-order valence-electron chi connectivity index (χ1n) is 10.5. The van der Waals surface area contributed by atoms with Crippen molar-refractivity contribution in [3.8, 4) is 11.1 Å². The van der Waals surface area contributed by atoms with E-state index >= 15 is 0 Å². The van der Waals surface area contributed by atoms with Crippen LogP contribution in [-0.2, 0) is 20.2 Å². The van der Waals surface area contributed by atoms with Crippen molar-refractivity contribution < 1.29 is 31.9 Å². The van der Waals surface area contributed by atoms with Gasteiger partial charge in [-0.05, 0) is 42.8 Å². The summed E-state index contributed by atoms with van der Waals surface area (Å²) in [5.41, 5.74) is 0.699. The molecule has 10 heteroatoms. The number of methoxy groups -OCH3 is 1. The van der Waals surface area contributed by atoms with Gasteiger partial charge in [0.1, 0.15) is 18.2 Å². The lowest BCUT2D eigenvalue weighted by Crippen LogP contribution is -2.18. The molecule has 0 atom stereocenters. The fraction of sp³-hybridized carbons (Fsp3) is 0.200. The van der Waals surface area contributed by atoms with Gasteiger partial charge in [-0.25, -0.2) is 17.6 Å². The Bertz CT molecular complexity index is 1360. The standard InChI is InChI=1S/C25H21F4N3O3/c1-12-22(13-4-6-14(26)7-5-13)23(25(2,28)29)20(30-12)9-16-15-8-17(27)19(31-21(33)11-35-3)10-18(15)32-24(16)34/h4-10,30H,11H2,1-3H3,(H,31,33)(H,32,34)/b16-9-. The molecule has 0 saturated carbocycles. The van der Waals surface area contributed by atoms with Crippen LogP contribution in [0.5, 0.6) is 0 Å². The maximum absolute atomic E-state index is 14.8. The molecule has 0 bridgehead atoms. The van der Waals surface area contributed by atoms with E-state index in [4.69, 9.17) is 4.74 Å². The number of fused-ring (bicyclic) bond motifs is 1. The molecule has 2 heterocycles. The number of halogens is 4. The van der Waals surface area contributed by atoms with Gasteiger partial charge in [0.15, 0.2) is 0 Å². The number of aromatic amines is 1. The van der Waals surface area contributed by atoms with Crippen molar-refractivity contribution in [1.29, 1.82) is 0 Å². The molecule has 1 aliphatic heterocycles. The number of carbonyl (C=O) groups excluding carboxylic acids is 2. The van der Waals surface area contributed by atoms with Crippen LogP contribution in [-0.4, -0.2) is 30.5 Å². The molecule has 3 aromatic rings. The predicted molar refractivity (Wildman–Crippen MR) is 124 cm³/mol. The Balaban J connectivity index is 1.82. The normalized spacial score (nSPS) is 14.3. The highest BCUT2D eigenvalue weighted by Crippen LogP contribution is 2.43. The molecule has 0 unspecified atom stereocenters. The first-order chi connectivity index (χ1) is 16.5. The number of benzene rings is 2. The molecule has 0 saturated heterocycles. The zero-order chi connectivity index (χ0) is 25.5. The highest BCUT2D eigenvalue weighted by molar-refractivity contribution is 6.35. The number of aryl methyl sites for hydroxylation is 1. The molecule has 3 N–H and O–H groups in total. The predicted octanol–water partition coefficient (Wildman–Crippen LogP) is 5.46. The summed E-state index contributed by atoms with van der Waals surface area (Å²) in [5.74, 6) is -5.85. The molecule has 35 heavy (non-hydrogen) atoms. The smallest absolute Gasteiger partial charge is 0.273 e. The van der Waals surface area contributed by atoms with Crippen molar-refractivity contribution in [1.82, 2.24) is 4.98 Å². The van der Waals surface area contributed by atoms with E-state index < -0.39 is 29.4 Å². The number of hydrogen-bond acceptors (Lipinski definition) is 3. The fourth-order valence-electron chi connectivity index (χ4n) is 4.10. The molecule has 6 nitrogen and oxygen atoms in total. The second-order valence-electron chi connectivity index (χ2n) is 8.18. The van der Waals surface area contributed by atoms with Crippen LogP contribution in [0.1, 0.15) is 29.4 Å². The summed E-state index contributed by atoms with van der Waals surface area (Å²) in [6, 6.07) is 7.42. The van der Waals surface area contributed by atoms with Gasteiger partial charge < -0.3 is 20.4 Å². The molecule has 0 radical (unpaired) electrons. The number of H-pyrrole nitrogens is 1. The van der Waals surface area contributed by atoms with Gasteiger partial charge in [-0.3, -0.25) is 9.59 Å². The molecule has 0 spiro atoms. The number of aromatic nitrogens is 1. The van der Waals surface area contributed by atoms with E-state index in [9.17, 15) is 27.2 Å². The summed E-state index contributed by atoms with van der Waals surface area (Å²) in [7, 11) is 1.31. The van der Waals surface area contributed by atoms with Crippen LogP contribution in [0.2, 0.25) is 0 Å². The van der Waals surface area contributed by atoms with E-state index in [1.807, 2.05) is 0 Å². The monoisotopic (exact) mass is 487 g/mol. The summed E-state index contributed by atoms with van der Waals surface area (Å²) < 4.78 is 62.4. The van der Waals surface area contributed by atoms with Crippen LogP contribution >= 0.6 is 0 Å². The van der Waals surface area contributed by atoms with Gasteiger partial charge in [0, 0.05) is 36.5 Å². The molecule has 2 aromatic carbocycles. The summed E-state index contributed by atoms with van der Waals surface area (Å²) in [6.45, 7) is 2.03. The summed E-state index contributed by atoms with van der Waals surface area (Å²) in [6.07, 6.45) is 1.23. The largest absolute Gasteiger partial charge is 0.375 e. The van der Waals surface area contributed by atoms with Crippen molar-refractivity contribution in [2.24, 2.45) is 0 Å². The summed E-state index contributed by atoms with van der Waals surface area (Å²) >= 11 is 0. The van der Waals surface area contributed by atoms with E-state index in [1.165, 1.54) is 43.5 Å². The molecule has 0 fully saturated rings. The van der Waals surface area contributed by atoms with Crippen molar-refractivity contribution in [2.75, 3.05) is 24.4 Å². The molecule has 1 aromatic heterocycles. The molecule has 182 valence electrons. The van der Waals surface area contributed by atoms with Gasteiger partial charge >= 0.3 is 0 Å². The Hall–Kier alpha value is -3.92. The molecule has 4 rings (SSSR count). The molecular weight excluding hydrogens is 466 g/mol.